The van der Waals surface area contributed by atoms with E-state index in [-0.39, 0.29) is 31.0 Å². The summed E-state index contributed by atoms with van der Waals surface area (Å²) in [5.74, 6) is 0.350. The lowest BCUT2D eigenvalue weighted by Gasteiger charge is -2.31. The van der Waals surface area contributed by atoms with Gasteiger partial charge in [-0.15, -0.1) is 0 Å². The Kier molecular flexibility index (Phi) is 4.63. The highest BCUT2D eigenvalue weighted by molar-refractivity contribution is 9.10. The van der Waals surface area contributed by atoms with E-state index in [2.05, 4.69) is 20.9 Å². The summed E-state index contributed by atoms with van der Waals surface area (Å²) in [7, 11) is 0. The molecule has 0 atom stereocenters. The molecular weight excluding hydrogens is 398 g/mol. The molecule has 6 nitrogen and oxygen atoms in total. The summed E-state index contributed by atoms with van der Waals surface area (Å²) < 4.78 is 6.36. The van der Waals surface area contributed by atoms with E-state index in [0.29, 0.717) is 18.0 Å². The van der Waals surface area contributed by atoms with Crippen molar-refractivity contribution in [3.63, 3.8) is 0 Å². The van der Waals surface area contributed by atoms with E-state index in [4.69, 9.17) is 4.74 Å². The molecule has 134 valence electrons. The lowest BCUT2D eigenvalue weighted by molar-refractivity contribution is -0.133. The molecule has 26 heavy (non-hydrogen) atoms. The van der Waals surface area contributed by atoms with Gasteiger partial charge in [-0.05, 0) is 42.7 Å². The molecule has 1 aromatic heterocycles. The van der Waals surface area contributed by atoms with Crippen molar-refractivity contribution in [3.8, 4) is 5.75 Å². The summed E-state index contributed by atoms with van der Waals surface area (Å²) in [6, 6.07) is 9.53. The topological polar surface area (TPSA) is 62.7 Å². The van der Waals surface area contributed by atoms with Gasteiger partial charge in [-0.2, -0.15) is 0 Å². The Labute approximate surface area is 159 Å². The molecule has 0 radical (unpaired) electrons. The Morgan fingerprint density at radius 2 is 2.19 bits per heavy atom. The quantitative estimate of drug-likeness (QED) is 0.752. The second-order valence-electron chi connectivity index (χ2n) is 6.49. The summed E-state index contributed by atoms with van der Waals surface area (Å²) in [5.41, 5.74) is 1.63. The Bertz CT molecular complexity index is 839. The zero-order valence-corrected chi connectivity index (χ0v) is 15.7. The van der Waals surface area contributed by atoms with Crippen LogP contribution in [0.3, 0.4) is 0 Å². The second kappa shape index (κ2) is 7.07. The highest BCUT2D eigenvalue weighted by Crippen LogP contribution is 2.35. The summed E-state index contributed by atoms with van der Waals surface area (Å²) in [6.45, 7) is 0.486. The van der Waals surface area contributed by atoms with Crippen molar-refractivity contribution >= 4 is 33.4 Å². The number of fused-ring (bicyclic) bond motifs is 1. The number of anilines is 1. The van der Waals surface area contributed by atoms with Crippen LogP contribution in [0.1, 0.15) is 18.4 Å². The van der Waals surface area contributed by atoms with Gasteiger partial charge in [0.05, 0.1) is 5.69 Å². The summed E-state index contributed by atoms with van der Waals surface area (Å²) in [5, 5.41) is 0. The van der Waals surface area contributed by atoms with Crippen molar-refractivity contribution in [1.29, 1.82) is 0 Å². The van der Waals surface area contributed by atoms with E-state index in [1.165, 1.54) is 4.90 Å². The van der Waals surface area contributed by atoms with Gasteiger partial charge in [-0.1, -0.05) is 22.0 Å². The predicted octanol–water partition coefficient (Wildman–Crippen LogP) is 2.76. The highest BCUT2D eigenvalue weighted by atomic mass is 79.9. The van der Waals surface area contributed by atoms with Gasteiger partial charge >= 0.3 is 0 Å². The monoisotopic (exact) mass is 415 g/mol. The van der Waals surface area contributed by atoms with E-state index in [1.807, 2.05) is 29.2 Å². The minimum absolute atomic E-state index is 0.0214. The first-order valence-electron chi connectivity index (χ1n) is 8.53. The average molecular weight is 416 g/mol. The third-order valence-electron chi connectivity index (χ3n) is 4.54. The Hall–Kier alpha value is -2.41. The maximum atomic E-state index is 13.0. The minimum Gasteiger partial charge on any atom is -0.482 e. The number of amides is 2. The van der Waals surface area contributed by atoms with Crippen LogP contribution < -0.4 is 9.64 Å². The van der Waals surface area contributed by atoms with E-state index >= 15 is 0 Å². The molecule has 2 heterocycles. The van der Waals surface area contributed by atoms with Crippen LogP contribution in [0, 0.1) is 0 Å². The Balaban J connectivity index is 1.54. The van der Waals surface area contributed by atoms with Crippen LogP contribution in [0.15, 0.2) is 47.2 Å². The van der Waals surface area contributed by atoms with Crippen molar-refractivity contribution in [2.75, 3.05) is 18.1 Å². The molecule has 2 amide bonds. The smallest absolute Gasteiger partial charge is 0.265 e. The largest absolute Gasteiger partial charge is 0.482 e. The van der Waals surface area contributed by atoms with Crippen molar-refractivity contribution in [1.82, 2.24) is 9.88 Å². The molecule has 0 unspecified atom stereocenters. The van der Waals surface area contributed by atoms with E-state index in [0.717, 1.165) is 22.9 Å². The number of pyridine rings is 1. The fourth-order valence-electron chi connectivity index (χ4n) is 3.07. The van der Waals surface area contributed by atoms with Crippen molar-refractivity contribution < 1.29 is 14.3 Å². The van der Waals surface area contributed by atoms with Gasteiger partial charge < -0.3 is 9.64 Å². The van der Waals surface area contributed by atoms with Gasteiger partial charge in [-0.25, -0.2) is 0 Å². The molecule has 0 N–H and O–H groups in total. The Morgan fingerprint density at radius 3 is 2.92 bits per heavy atom. The Morgan fingerprint density at radius 1 is 1.35 bits per heavy atom. The van der Waals surface area contributed by atoms with Gasteiger partial charge in [-0.3, -0.25) is 19.5 Å². The fraction of sp³-hybridized carbons (Fsp3) is 0.316. The average Bonchev–Trinajstić information content (AvgIpc) is 3.48. The lowest BCUT2D eigenvalue weighted by atomic mass is 10.2. The third kappa shape index (κ3) is 3.58. The second-order valence-corrected chi connectivity index (χ2v) is 7.41. The third-order valence-corrected chi connectivity index (χ3v) is 5.04. The zero-order chi connectivity index (χ0) is 18.1. The maximum absolute atomic E-state index is 13.0. The standard InChI is InChI=1S/C19H18BrN3O3/c20-14-3-6-16-17(8-14)26-12-19(25)23(16)11-18(24)22(15-4-5-15)10-13-2-1-7-21-9-13/h1-3,6-9,15H,4-5,10-12H2. The van der Waals surface area contributed by atoms with Crippen LogP contribution in [-0.4, -0.2) is 40.9 Å². The number of rotatable bonds is 5. The first-order valence-corrected chi connectivity index (χ1v) is 9.32. The predicted molar refractivity (Wildman–Crippen MR) is 99.8 cm³/mol. The van der Waals surface area contributed by atoms with Crippen molar-refractivity contribution in [2.24, 2.45) is 0 Å². The first kappa shape index (κ1) is 17.0. The number of benzene rings is 1. The van der Waals surface area contributed by atoms with Crippen LogP contribution in [0.4, 0.5) is 5.69 Å². The maximum Gasteiger partial charge on any atom is 0.265 e. The molecule has 1 aromatic carbocycles. The van der Waals surface area contributed by atoms with Gasteiger partial charge in [0.15, 0.2) is 6.61 Å². The van der Waals surface area contributed by atoms with Crippen LogP contribution in [0.25, 0.3) is 0 Å². The number of carbonyl (C=O) groups is 2. The van der Waals surface area contributed by atoms with Gasteiger partial charge in [0.1, 0.15) is 12.3 Å². The molecule has 2 aliphatic rings. The highest BCUT2D eigenvalue weighted by Gasteiger charge is 2.35. The number of ether oxygens (including phenoxy) is 1. The van der Waals surface area contributed by atoms with E-state index in [9.17, 15) is 9.59 Å². The molecule has 4 rings (SSSR count). The van der Waals surface area contributed by atoms with Gasteiger partial charge in [0.25, 0.3) is 5.91 Å². The fourth-order valence-corrected chi connectivity index (χ4v) is 3.41. The zero-order valence-electron chi connectivity index (χ0n) is 14.1. The molecule has 0 spiro atoms. The summed E-state index contributed by atoms with van der Waals surface area (Å²) >= 11 is 3.40. The normalized spacial score (nSPS) is 16.0. The van der Waals surface area contributed by atoms with Gasteiger partial charge in [0, 0.05) is 29.5 Å². The van der Waals surface area contributed by atoms with Crippen LogP contribution in [-0.2, 0) is 16.1 Å². The summed E-state index contributed by atoms with van der Waals surface area (Å²) in [4.78, 5) is 32.8. The molecule has 1 saturated carbocycles. The molecule has 1 aliphatic carbocycles. The number of hydrogen-bond acceptors (Lipinski definition) is 4. The van der Waals surface area contributed by atoms with Crippen molar-refractivity contribution in [2.45, 2.75) is 25.4 Å². The molecule has 7 heteroatoms. The molecule has 1 aliphatic heterocycles. The lowest BCUT2D eigenvalue weighted by Crippen LogP contribution is -2.46. The van der Waals surface area contributed by atoms with E-state index < -0.39 is 0 Å². The molecule has 2 aromatic rings. The number of aromatic nitrogens is 1. The summed E-state index contributed by atoms with van der Waals surface area (Å²) in [6.07, 6.45) is 5.50. The SMILES string of the molecule is O=C1COc2cc(Br)ccc2N1CC(=O)N(Cc1cccnc1)C1CC1. The van der Waals surface area contributed by atoms with E-state index in [1.54, 1.807) is 18.5 Å². The first-order chi connectivity index (χ1) is 12.6. The molecular formula is C19H18BrN3O3. The molecule has 1 fully saturated rings. The molecule has 0 bridgehead atoms. The number of hydrogen-bond donors (Lipinski definition) is 0. The number of halogens is 1. The number of nitrogens with zero attached hydrogens (tertiary/aromatic N) is 3. The van der Waals surface area contributed by atoms with Crippen LogP contribution in [0.2, 0.25) is 0 Å². The number of carbonyl (C=O) groups excluding carboxylic acids is 2. The van der Waals surface area contributed by atoms with Gasteiger partial charge in [0.2, 0.25) is 5.91 Å². The van der Waals surface area contributed by atoms with Crippen LogP contribution >= 0.6 is 15.9 Å². The van der Waals surface area contributed by atoms with Crippen LogP contribution in [0.5, 0.6) is 5.75 Å². The van der Waals surface area contributed by atoms with Crippen molar-refractivity contribution in [3.05, 3.63) is 52.8 Å². The minimum atomic E-state index is -0.203. The molecule has 0 saturated heterocycles.